The van der Waals surface area contributed by atoms with Crippen LogP contribution in [0.15, 0.2) is 77.1 Å². The van der Waals surface area contributed by atoms with Crippen molar-refractivity contribution in [3.05, 3.63) is 88.8 Å². The van der Waals surface area contributed by atoms with Crippen LogP contribution in [-0.4, -0.2) is 256 Å². The summed E-state index contributed by atoms with van der Waals surface area (Å²) in [5, 5.41) is 23.0. The highest BCUT2D eigenvalue weighted by molar-refractivity contribution is 6.07. The molecule has 3 aromatic carbocycles. The van der Waals surface area contributed by atoms with Gasteiger partial charge in [0.05, 0.1) is 174 Å². The summed E-state index contributed by atoms with van der Waals surface area (Å²) in [7, 11) is 2.96. The maximum Gasteiger partial charge on any atom is 0.416 e. The molecule has 2 fully saturated rings. The average Bonchev–Trinajstić information content (AvgIpc) is 1.58. The van der Waals surface area contributed by atoms with E-state index in [1.165, 1.54) is 68.8 Å². The Hall–Kier alpha value is -9.12. The van der Waals surface area contributed by atoms with Crippen LogP contribution >= 0.6 is 0 Å². The number of benzene rings is 3. The van der Waals surface area contributed by atoms with Gasteiger partial charge in [0.15, 0.2) is 29.2 Å². The van der Waals surface area contributed by atoms with E-state index in [0.29, 0.717) is 159 Å². The van der Waals surface area contributed by atoms with Crippen LogP contribution in [0.5, 0.6) is 23.0 Å². The van der Waals surface area contributed by atoms with Crippen LogP contribution in [0.1, 0.15) is 164 Å². The Kier molecular flexibility index (Phi) is 37.5. The Morgan fingerprint density at radius 3 is 1.68 bits per heavy atom. The smallest absolute Gasteiger partial charge is 0.416 e. The molecule has 638 valence electrons. The lowest BCUT2D eigenvalue weighted by Crippen LogP contribution is -2.53. The van der Waals surface area contributed by atoms with Gasteiger partial charge < -0.3 is 97.8 Å². The van der Waals surface area contributed by atoms with Crippen LogP contribution in [0, 0.1) is 17.8 Å². The van der Waals surface area contributed by atoms with Crippen LogP contribution in [0.3, 0.4) is 0 Å². The first-order chi connectivity index (χ1) is 56.2. The number of aliphatic hydroxyl groups excluding tert-OH is 1. The Morgan fingerprint density at radius 1 is 0.560 bits per heavy atom. The molecule has 32 nitrogen and oxygen atoms in total. The number of amides is 9. The zero-order valence-electron chi connectivity index (χ0n) is 68.3. The number of likely N-dealkylation sites (tertiary alicyclic amines) is 1. The van der Waals surface area contributed by atoms with Gasteiger partial charge in [-0.2, -0.15) is 0 Å². The molecule has 0 spiro atoms. The fourth-order valence-electron chi connectivity index (χ4n) is 14.5. The van der Waals surface area contributed by atoms with Crippen molar-refractivity contribution in [3.8, 4) is 23.0 Å². The van der Waals surface area contributed by atoms with E-state index < -0.39 is 54.1 Å². The number of anilines is 2. The fourth-order valence-corrected chi connectivity index (χ4v) is 14.5. The van der Waals surface area contributed by atoms with Gasteiger partial charge in [-0.25, -0.2) is 9.69 Å². The molecule has 1 saturated heterocycles. The number of aliphatic hydroxyl groups is 1. The van der Waals surface area contributed by atoms with Gasteiger partial charge in [0.1, 0.15) is 18.7 Å². The van der Waals surface area contributed by atoms with E-state index in [4.69, 9.17) is 61.6 Å². The number of aliphatic imine (C=N–C) groups is 1. The molecule has 5 heterocycles. The highest BCUT2D eigenvalue weighted by atomic mass is 16.6. The van der Waals surface area contributed by atoms with E-state index in [1.54, 1.807) is 67.6 Å². The molecule has 0 radical (unpaired) electrons. The minimum Gasteiger partial charge on any atom is -0.493 e. The monoisotopic (exact) mass is 1620 g/mol. The lowest BCUT2D eigenvalue weighted by Gasteiger charge is -2.31. The van der Waals surface area contributed by atoms with Gasteiger partial charge >= 0.3 is 6.09 Å². The van der Waals surface area contributed by atoms with Gasteiger partial charge in [-0.3, -0.25) is 48.2 Å². The van der Waals surface area contributed by atoms with Crippen molar-refractivity contribution in [1.29, 1.82) is 0 Å². The molecule has 116 heavy (non-hydrogen) atoms. The minimum absolute atomic E-state index is 0.0136. The lowest BCUT2D eigenvalue weighted by atomic mass is 9.83. The standard InChI is InChI=1S/C84H119N9O23/c1-56(2)77(89-75(95)24-29-106-31-33-108-35-37-110-39-41-112-43-44-113-42-40-111-38-36-109-34-32-107-30-25-85-74(94)23-26-90-76(96)49-64(80(90)99)61-17-13-10-8-9-11-14-18-61)79(98)87-59(5)78(97)88-62-21-19-60(20-22-62)55-116-84(103)93-68-51-73(71(105-7)48-66(68)82(101)92-54-58(4)46-69(92)83(93)102)115-28-16-12-15-27-114-72-50-67-65(47-70(72)104-6)81(100)91-53-57(3)45-63(91)52-86-67/h19-22,47-48,50-54,56,59,61,63-64,69,77,83,102H,8-18,23-46,49,55H2,1-7H3,(H,85,94)(H,87,98)(H,88,97)(H,89,95)/t59?,63-,64?,69-,77-,83-/m0/s1. The van der Waals surface area contributed by atoms with Gasteiger partial charge in [-0.05, 0) is 107 Å². The highest BCUT2D eigenvalue weighted by Gasteiger charge is 2.46. The van der Waals surface area contributed by atoms with Crippen LogP contribution in [0.4, 0.5) is 21.9 Å². The average molecular weight is 1620 g/mol. The first-order valence-corrected chi connectivity index (χ1v) is 40.8. The number of methoxy groups -OCH3 is 2. The Bertz CT molecular complexity index is 3830. The second-order valence-electron chi connectivity index (χ2n) is 29.9. The summed E-state index contributed by atoms with van der Waals surface area (Å²) in [5.74, 6) is -1.53. The van der Waals surface area contributed by atoms with Crippen LogP contribution < -0.4 is 45.1 Å². The van der Waals surface area contributed by atoms with E-state index in [2.05, 4.69) is 26.3 Å². The molecule has 32 heteroatoms. The largest absolute Gasteiger partial charge is 0.493 e. The number of nitrogens with one attached hydrogen (secondary N) is 4. The molecule has 6 aliphatic rings. The van der Waals surface area contributed by atoms with Crippen molar-refractivity contribution in [1.82, 2.24) is 30.7 Å². The Morgan fingerprint density at radius 2 is 1.09 bits per heavy atom. The summed E-state index contributed by atoms with van der Waals surface area (Å²) >= 11 is 0. The van der Waals surface area contributed by atoms with Crippen molar-refractivity contribution in [2.75, 3.05) is 156 Å². The number of carbonyl (C=O) groups excluding carboxylic acids is 9. The summed E-state index contributed by atoms with van der Waals surface area (Å²) in [6, 6.07) is 9.95. The zero-order valence-corrected chi connectivity index (χ0v) is 68.3. The maximum atomic E-state index is 14.3. The molecular formula is C84H119N9O23. The van der Waals surface area contributed by atoms with Crippen molar-refractivity contribution < 1.29 is 110 Å². The fraction of sp³-hybridized carbons (Fsp3) is 0.619. The molecule has 2 unspecified atom stereocenters. The first kappa shape index (κ1) is 90.8. The number of rotatable bonds is 49. The number of fused-ring (bicyclic) bond motifs is 4. The number of unbranched alkanes of at least 4 members (excludes halogenated alkanes) is 2. The van der Waals surface area contributed by atoms with Crippen molar-refractivity contribution in [2.24, 2.45) is 22.7 Å². The lowest BCUT2D eigenvalue weighted by molar-refractivity contribution is -0.140. The van der Waals surface area contributed by atoms with Gasteiger partial charge in [-0.1, -0.05) is 75.7 Å². The minimum atomic E-state index is -1.53. The predicted octanol–water partition coefficient (Wildman–Crippen LogP) is 8.50. The normalized spacial score (nSPS) is 18.7. The SMILES string of the molecule is COc1cc2c(cc1OCCCCCOc1cc3c(cc1OC)C(=O)N1C=C(C)C[C@H]1[C@H](O)N3C(=O)OCc1ccc(NC(=O)C(C)NC(=O)[C@@H](NC(=O)CCOCCOCCOCCOCCOCCOCCOCCOCCNC(=O)CCN3C(=O)CC(C4CCCCCCCC4)C3=O)C(C)C)cc1)N=C[C@@H]1CC(C)=CN1C2=O. The van der Waals surface area contributed by atoms with Crippen molar-refractivity contribution in [3.63, 3.8) is 0 Å². The van der Waals surface area contributed by atoms with E-state index >= 15 is 0 Å². The third kappa shape index (κ3) is 27.5. The summed E-state index contributed by atoms with van der Waals surface area (Å²) in [4.78, 5) is 130. The number of nitrogens with zero attached hydrogens (tertiary/aromatic N) is 5. The maximum absolute atomic E-state index is 14.3. The molecule has 5 N–H and O–H groups in total. The van der Waals surface area contributed by atoms with Crippen LogP contribution in [-0.2, 0) is 78.0 Å². The number of imide groups is 1. The molecule has 5 aliphatic heterocycles. The van der Waals surface area contributed by atoms with Gasteiger partial charge in [0, 0.05) is 68.8 Å². The van der Waals surface area contributed by atoms with E-state index in [1.807, 2.05) is 20.0 Å². The second kappa shape index (κ2) is 47.9. The van der Waals surface area contributed by atoms with E-state index in [0.717, 1.165) is 48.2 Å². The molecule has 3 aromatic rings. The number of hydrogen-bond acceptors (Lipinski definition) is 24. The van der Waals surface area contributed by atoms with E-state index in [-0.39, 0.29) is 129 Å². The summed E-state index contributed by atoms with van der Waals surface area (Å²) < 4.78 is 74.0. The van der Waals surface area contributed by atoms with Gasteiger partial charge in [0.2, 0.25) is 35.4 Å². The summed E-state index contributed by atoms with van der Waals surface area (Å²) in [6.07, 6.45) is 15.2. The predicted molar refractivity (Wildman–Crippen MR) is 428 cm³/mol. The molecule has 6 atom stereocenters. The number of ether oxygens (including phenoxy) is 13. The van der Waals surface area contributed by atoms with Gasteiger partial charge in [-0.15, -0.1) is 0 Å². The molecule has 9 amide bonds. The molecule has 0 aromatic heterocycles. The molecule has 0 bridgehead atoms. The van der Waals surface area contributed by atoms with Crippen LogP contribution in [0.2, 0.25) is 0 Å². The zero-order chi connectivity index (χ0) is 82.7. The third-order valence-electron chi connectivity index (χ3n) is 20.8. The quantitative estimate of drug-likeness (QED) is 0.0261. The molecule has 1 saturated carbocycles. The Labute approximate surface area is 679 Å². The van der Waals surface area contributed by atoms with Crippen molar-refractivity contribution >= 4 is 76.6 Å². The Balaban J connectivity index is 0.568. The first-order valence-electron chi connectivity index (χ1n) is 40.8. The molecule has 1 aliphatic carbocycles. The number of hydrogen-bond donors (Lipinski definition) is 5. The summed E-state index contributed by atoms with van der Waals surface area (Å²) in [6.45, 7) is 15.1. The highest BCUT2D eigenvalue weighted by Crippen LogP contribution is 2.43. The van der Waals surface area contributed by atoms with E-state index in [9.17, 15) is 48.3 Å². The van der Waals surface area contributed by atoms with Crippen molar-refractivity contribution in [2.45, 2.75) is 174 Å². The van der Waals surface area contributed by atoms with Gasteiger partial charge in [0.25, 0.3) is 11.8 Å². The molecular weight excluding hydrogens is 1500 g/mol. The number of carbonyl (C=O) groups is 9. The van der Waals surface area contributed by atoms with Crippen LogP contribution in [0.25, 0.3) is 0 Å². The summed E-state index contributed by atoms with van der Waals surface area (Å²) in [5.41, 5.74) is 3.92. The molecule has 9 rings (SSSR count). The second-order valence-corrected chi connectivity index (χ2v) is 29.9. The topological polar surface area (TPSA) is 367 Å². The third-order valence-corrected chi connectivity index (χ3v) is 20.8.